The van der Waals surface area contributed by atoms with Crippen LogP contribution in [0.5, 0.6) is 0 Å². The van der Waals surface area contributed by atoms with Crippen molar-refractivity contribution in [2.45, 2.75) is 59.0 Å². The first-order valence-electron chi connectivity index (χ1n) is 7.08. The molecule has 0 aliphatic heterocycles. The van der Waals surface area contributed by atoms with Crippen molar-refractivity contribution in [2.75, 3.05) is 0 Å². The highest BCUT2D eigenvalue weighted by Gasteiger charge is 2.66. The van der Waals surface area contributed by atoms with E-state index in [1.54, 1.807) is 0 Å². The van der Waals surface area contributed by atoms with Crippen LogP contribution in [-0.2, 0) is 0 Å². The fourth-order valence-electron chi connectivity index (χ4n) is 5.51. The summed E-state index contributed by atoms with van der Waals surface area (Å²) < 4.78 is 0. The fourth-order valence-corrected chi connectivity index (χ4v) is 5.51. The van der Waals surface area contributed by atoms with Crippen LogP contribution in [0.1, 0.15) is 53.4 Å². The largest absolute Gasteiger partial charge is 0.390 e. The maximum Gasteiger partial charge on any atom is 0.0650 e. The highest BCUT2D eigenvalue weighted by Crippen LogP contribution is 2.71. The van der Waals surface area contributed by atoms with Crippen LogP contribution in [0.4, 0.5) is 0 Å². The molecule has 1 heteroatoms. The zero-order valence-electron chi connectivity index (χ0n) is 11.2. The monoisotopic (exact) mass is 222 g/mol. The van der Waals surface area contributed by atoms with Gasteiger partial charge in [0, 0.05) is 0 Å². The van der Waals surface area contributed by atoms with Gasteiger partial charge in [-0.05, 0) is 61.2 Å². The molecule has 3 aliphatic carbocycles. The average Bonchev–Trinajstić information content (AvgIpc) is 2.66. The Balaban J connectivity index is 1.91. The first-order chi connectivity index (χ1) is 7.36. The molecule has 0 aromatic heterocycles. The maximum absolute atomic E-state index is 10.5. The molecule has 1 nitrogen and oxygen atoms in total. The number of rotatable bonds is 0. The molecule has 0 bridgehead atoms. The molecular formula is C15H26O. The Kier molecular flexibility index (Phi) is 2.11. The molecule has 0 amide bonds. The Morgan fingerprint density at radius 2 is 1.69 bits per heavy atom. The topological polar surface area (TPSA) is 20.2 Å². The fraction of sp³-hybridized carbons (Fsp3) is 1.00. The van der Waals surface area contributed by atoms with E-state index in [9.17, 15) is 5.11 Å². The van der Waals surface area contributed by atoms with Crippen molar-refractivity contribution < 1.29 is 5.11 Å². The third-order valence-electron chi connectivity index (χ3n) is 6.30. The van der Waals surface area contributed by atoms with E-state index in [2.05, 4.69) is 27.7 Å². The minimum absolute atomic E-state index is 0.363. The van der Waals surface area contributed by atoms with E-state index in [-0.39, 0.29) is 5.60 Å². The van der Waals surface area contributed by atoms with Crippen molar-refractivity contribution in [3.63, 3.8) is 0 Å². The Morgan fingerprint density at radius 1 is 1.00 bits per heavy atom. The zero-order chi connectivity index (χ0) is 11.7. The van der Waals surface area contributed by atoms with Crippen LogP contribution in [0, 0.1) is 35.0 Å². The summed E-state index contributed by atoms with van der Waals surface area (Å²) in [5.74, 6) is 4.13. The lowest BCUT2D eigenvalue weighted by Gasteiger charge is -2.30. The molecule has 0 saturated heterocycles. The standard InChI is InChI=1S/C15H26O/c1-9-5-6-11-10(7-8-15(11,4)16)13-12(9)14(13,2)3/h9-13,16H,5-8H2,1-4H3/t9?,10?,11?,12?,13-,15?/m1/s1. The molecule has 3 aliphatic rings. The van der Waals surface area contributed by atoms with Gasteiger partial charge in [0.15, 0.2) is 0 Å². The lowest BCUT2D eigenvalue weighted by atomic mass is 9.79. The van der Waals surface area contributed by atoms with Crippen molar-refractivity contribution in [3.05, 3.63) is 0 Å². The number of aliphatic hydroxyl groups is 1. The minimum atomic E-state index is -0.363. The average molecular weight is 222 g/mol. The third kappa shape index (κ3) is 1.27. The van der Waals surface area contributed by atoms with E-state index in [0.29, 0.717) is 11.3 Å². The second-order valence-corrected chi connectivity index (χ2v) is 7.59. The van der Waals surface area contributed by atoms with Crippen LogP contribution < -0.4 is 0 Å². The van der Waals surface area contributed by atoms with Gasteiger partial charge in [-0.3, -0.25) is 0 Å². The van der Waals surface area contributed by atoms with Gasteiger partial charge in [-0.25, -0.2) is 0 Å². The Morgan fingerprint density at radius 3 is 2.38 bits per heavy atom. The molecule has 5 unspecified atom stereocenters. The first kappa shape index (κ1) is 11.1. The number of fused-ring (bicyclic) bond motifs is 3. The normalized spacial score (nSPS) is 58.7. The molecular weight excluding hydrogens is 196 g/mol. The molecule has 16 heavy (non-hydrogen) atoms. The van der Waals surface area contributed by atoms with Gasteiger partial charge in [0.1, 0.15) is 0 Å². The Hall–Kier alpha value is -0.0400. The van der Waals surface area contributed by atoms with Gasteiger partial charge in [0.2, 0.25) is 0 Å². The molecule has 0 heterocycles. The number of hydrogen-bond acceptors (Lipinski definition) is 1. The van der Waals surface area contributed by atoms with E-state index in [1.165, 1.54) is 19.3 Å². The van der Waals surface area contributed by atoms with E-state index in [0.717, 1.165) is 30.1 Å². The van der Waals surface area contributed by atoms with Crippen molar-refractivity contribution in [2.24, 2.45) is 35.0 Å². The molecule has 0 radical (unpaired) electrons. The van der Waals surface area contributed by atoms with E-state index in [4.69, 9.17) is 0 Å². The third-order valence-corrected chi connectivity index (χ3v) is 6.30. The first-order valence-corrected chi connectivity index (χ1v) is 7.08. The van der Waals surface area contributed by atoms with Crippen molar-refractivity contribution in [1.29, 1.82) is 0 Å². The summed E-state index contributed by atoms with van der Waals surface area (Å²) in [6.07, 6.45) is 4.91. The Bertz CT molecular complexity index is 305. The minimum Gasteiger partial charge on any atom is -0.390 e. The molecule has 0 spiro atoms. The van der Waals surface area contributed by atoms with E-state index < -0.39 is 0 Å². The second-order valence-electron chi connectivity index (χ2n) is 7.59. The van der Waals surface area contributed by atoms with Gasteiger partial charge in [0.25, 0.3) is 0 Å². The van der Waals surface area contributed by atoms with Gasteiger partial charge in [0.05, 0.1) is 5.60 Å². The summed E-state index contributed by atoms with van der Waals surface area (Å²) in [5.41, 5.74) is 0.196. The molecule has 3 saturated carbocycles. The lowest BCUT2D eigenvalue weighted by Crippen LogP contribution is -2.32. The van der Waals surface area contributed by atoms with Crippen LogP contribution in [0.15, 0.2) is 0 Å². The van der Waals surface area contributed by atoms with Crippen LogP contribution in [0.2, 0.25) is 0 Å². The highest BCUT2D eigenvalue weighted by atomic mass is 16.3. The molecule has 3 fully saturated rings. The SMILES string of the molecule is CC1CCC2C(CCC2(C)O)[C@@H]2C1C2(C)C. The van der Waals surface area contributed by atoms with Crippen LogP contribution in [-0.4, -0.2) is 10.7 Å². The van der Waals surface area contributed by atoms with Crippen molar-refractivity contribution >= 4 is 0 Å². The lowest BCUT2D eigenvalue weighted by molar-refractivity contribution is 0.00276. The molecule has 1 N–H and O–H groups in total. The summed E-state index contributed by atoms with van der Waals surface area (Å²) in [6, 6.07) is 0. The molecule has 92 valence electrons. The molecule has 6 atom stereocenters. The maximum atomic E-state index is 10.5. The van der Waals surface area contributed by atoms with Gasteiger partial charge in [-0.15, -0.1) is 0 Å². The van der Waals surface area contributed by atoms with Crippen molar-refractivity contribution in [1.82, 2.24) is 0 Å². The smallest absolute Gasteiger partial charge is 0.0650 e. The quantitative estimate of drug-likeness (QED) is 0.665. The van der Waals surface area contributed by atoms with E-state index in [1.807, 2.05) is 0 Å². The number of hydrogen-bond donors (Lipinski definition) is 1. The van der Waals surface area contributed by atoms with Gasteiger partial charge in [-0.1, -0.05) is 27.2 Å². The second kappa shape index (κ2) is 3.04. The Labute approximate surface area is 99.6 Å². The predicted molar refractivity (Wildman–Crippen MR) is 66.0 cm³/mol. The summed E-state index contributed by atoms with van der Waals surface area (Å²) in [5, 5.41) is 10.5. The molecule has 0 aromatic carbocycles. The highest BCUT2D eigenvalue weighted by molar-refractivity contribution is 5.15. The van der Waals surface area contributed by atoms with Crippen molar-refractivity contribution in [3.8, 4) is 0 Å². The summed E-state index contributed by atoms with van der Waals surface area (Å²) in [4.78, 5) is 0. The van der Waals surface area contributed by atoms with Crippen LogP contribution in [0.3, 0.4) is 0 Å². The van der Waals surface area contributed by atoms with E-state index >= 15 is 0 Å². The summed E-state index contributed by atoms with van der Waals surface area (Å²) >= 11 is 0. The zero-order valence-corrected chi connectivity index (χ0v) is 11.2. The molecule has 0 aromatic rings. The van der Waals surface area contributed by atoms with Crippen LogP contribution in [0.25, 0.3) is 0 Å². The van der Waals surface area contributed by atoms with Gasteiger partial charge >= 0.3 is 0 Å². The molecule has 3 rings (SSSR count). The van der Waals surface area contributed by atoms with Crippen LogP contribution >= 0.6 is 0 Å². The van der Waals surface area contributed by atoms with Gasteiger partial charge < -0.3 is 5.11 Å². The predicted octanol–water partition coefficient (Wildman–Crippen LogP) is 3.47. The summed E-state index contributed by atoms with van der Waals surface area (Å²) in [6.45, 7) is 9.42. The van der Waals surface area contributed by atoms with Gasteiger partial charge in [-0.2, -0.15) is 0 Å². The summed E-state index contributed by atoms with van der Waals surface area (Å²) in [7, 11) is 0.